The van der Waals surface area contributed by atoms with Gasteiger partial charge in [-0.2, -0.15) is 5.26 Å². The molecule has 0 unspecified atom stereocenters. The molecule has 4 aromatic rings. The highest BCUT2D eigenvalue weighted by molar-refractivity contribution is 8.32. The van der Waals surface area contributed by atoms with Gasteiger partial charge in [0.1, 0.15) is 36.5 Å². The van der Waals surface area contributed by atoms with Crippen molar-refractivity contribution >= 4 is 37.9 Å². The number of hydrogen-bond donors (Lipinski definition) is 0. The van der Waals surface area contributed by atoms with Crippen LogP contribution in [-0.4, -0.2) is 70.9 Å². The Kier molecular flexibility index (Phi) is 9.30. The fourth-order valence-electron chi connectivity index (χ4n) is 4.27. The standard InChI is InChI=1S/C29H32F2N4O5S/c1-5-39-29(37)21-15-34(23-9-7-6-8-20(23)28(21)36)16-27-33-22-12-19(14-32)25(40-17-26(30)31)13-24(22)35(27)18-38-10-11-41(2,3)4/h6-9,12-13,15,26H,5,10-11,16-18H2,1-4H3. The van der Waals surface area contributed by atoms with Gasteiger partial charge < -0.3 is 23.3 Å². The molecule has 9 nitrogen and oxygen atoms in total. The third-order valence-electron chi connectivity index (χ3n) is 6.27. The SMILES string of the molecule is CCOC(=O)c1cn(Cc2nc3cc(C#N)c(OCC(F)F)cc3n2COCCS(C)(C)C)c2ccccc2c1=O. The summed E-state index contributed by atoms with van der Waals surface area (Å²) in [5.41, 5.74) is 1.10. The molecule has 4 rings (SSSR count). The van der Waals surface area contributed by atoms with Crippen molar-refractivity contribution in [1.29, 1.82) is 5.26 Å². The highest BCUT2D eigenvalue weighted by Crippen LogP contribution is 2.34. The molecule has 0 aliphatic heterocycles. The molecule has 0 amide bonds. The van der Waals surface area contributed by atoms with Crippen molar-refractivity contribution in [3.8, 4) is 11.8 Å². The third kappa shape index (κ3) is 7.04. The van der Waals surface area contributed by atoms with Gasteiger partial charge in [0.2, 0.25) is 5.43 Å². The second-order valence-electron chi connectivity index (χ2n) is 10.2. The molecule has 2 heterocycles. The fraction of sp³-hybridized carbons (Fsp3) is 0.379. The van der Waals surface area contributed by atoms with Gasteiger partial charge in [-0.25, -0.2) is 28.6 Å². The molecule has 0 bridgehead atoms. The first-order chi connectivity index (χ1) is 19.5. The van der Waals surface area contributed by atoms with Crippen molar-refractivity contribution in [3.05, 3.63) is 69.8 Å². The second kappa shape index (κ2) is 12.7. The van der Waals surface area contributed by atoms with Crippen LogP contribution in [0, 0.1) is 11.3 Å². The van der Waals surface area contributed by atoms with E-state index >= 15 is 0 Å². The van der Waals surface area contributed by atoms with Crippen LogP contribution >= 0.6 is 10.0 Å². The molecule has 0 saturated heterocycles. The molecular weight excluding hydrogens is 554 g/mol. The van der Waals surface area contributed by atoms with Crippen LogP contribution in [0.2, 0.25) is 0 Å². The minimum atomic E-state index is -2.71. The number of carbonyl (C=O) groups is 1. The largest absolute Gasteiger partial charge is 0.486 e. The van der Waals surface area contributed by atoms with Gasteiger partial charge in [0.05, 0.1) is 41.9 Å². The van der Waals surface area contributed by atoms with E-state index in [1.54, 1.807) is 40.3 Å². The third-order valence-corrected chi connectivity index (χ3v) is 7.66. The number of pyridine rings is 1. The monoisotopic (exact) mass is 586 g/mol. The van der Waals surface area contributed by atoms with Crippen molar-refractivity contribution in [1.82, 2.24) is 14.1 Å². The van der Waals surface area contributed by atoms with Gasteiger partial charge >= 0.3 is 5.97 Å². The number of nitriles is 1. The summed E-state index contributed by atoms with van der Waals surface area (Å²) in [5.74, 6) is 0.675. The molecule has 0 aliphatic carbocycles. The summed E-state index contributed by atoms with van der Waals surface area (Å²) in [4.78, 5) is 30.4. The molecule has 218 valence electrons. The average Bonchev–Trinajstić information content (AvgIpc) is 3.25. The van der Waals surface area contributed by atoms with Crippen LogP contribution in [0.5, 0.6) is 5.75 Å². The summed E-state index contributed by atoms with van der Waals surface area (Å²) < 4.78 is 45.7. The molecule has 0 saturated carbocycles. The van der Waals surface area contributed by atoms with E-state index in [1.165, 1.54) is 18.3 Å². The number of ether oxygens (including phenoxy) is 3. The van der Waals surface area contributed by atoms with E-state index in [1.807, 2.05) is 6.07 Å². The molecule has 12 heteroatoms. The van der Waals surface area contributed by atoms with Crippen LogP contribution in [0.25, 0.3) is 21.9 Å². The number of alkyl halides is 2. The Bertz CT molecular complexity index is 1670. The van der Waals surface area contributed by atoms with Crippen LogP contribution in [0.4, 0.5) is 8.78 Å². The maximum atomic E-state index is 13.1. The number of aromatic nitrogens is 3. The maximum absolute atomic E-state index is 13.1. The molecule has 2 aromatic heterocycles. The fourth-order valence-corrected chi connectivity index (χ4v) is 4.89. The number of rotatable bonds is 12. The normalized spacial score (nSPS) is 12.1. The zero-order valence-electron chi connectivity index (χ0n) is 23.4. The highest BCUT2D eigenvalue weighted by Gasteiger charge is 2.20. The molecule has 0 atom stereocenters. The van der Waals surface area contributed by atoms with Gasteiger partial charge in [-0.15, -0.1) is 0 Å². The second-order valence-corrected chi connectivity index (χ2v) is 14.8. The quantitative estimate of drug-likeness (QED) is 0.174. The number of benzene rings is 2. The smallest absolute Gasteiger partial charge is 0.343 e. The summed E-state index contributed by atoms with van der Waals surface area (Å²) in [6.45, 7) is 1.65. The summed E-state index contributed by atoms with van der Waals surface area (Å²) in [6, 6.07) is 11.9. The Balaban J connectivity index is 1.83. The van der Waals surface area contributed by atoms with E-state index in [2.05, 4.69) is 18.8 Å². The Labute approximate surface area is 237 Å². The van der Waals surface area contributed by atoms with E-state index in [9.17, 15) is 23.6 Å². The molecule has 0 aliphatic rings. The molecule has 0 fully saturated rings. The van der Waals surface area contributed by atoms with Gasteiger partial charge in [0.25, 0.3) is 6.43 Å². The van der Waals surface area contributed by atoms with E-state index in [0.29, 0.717) is 34.4 Å². The minimum Gasteiger partial charge on any atom is -0.486 e. The van der Waals surface area contributed by atoms with Crippen LogP contribution < -0.4 is 10.2 Å². The van der Waals surface area contributed by atoms with Crippen molar-refractivity contribution in [2.24, 2.45) is 0 Å². The van der Waals surface area contributed by atoms with Gasteiger partial charge in [-0.1, -0.05) is 12.1 Å². The first kappa shape index (κ1) is 30.0. The first-order valence-corrected chi connectivity index (χ1v) is 15.9. The van der Waals surface area contributed by atoms with E-state index in [4.69, 9.17) is 19.2 Å². The average molecular weight is 587 g/mol. The lowest BCUT2D eigenvalue weighted by Gasteiger charge is -2.24. The minimum absolute atomic E-state index is 0.0190. The van der Waals surface area contributed by atoms with Crippen molar-refractivity contribution in [2.45, 2.75) is 26.6 Å². The number of esters is 1. The zero-order chi connectivity index (χ0) is 29.7. The molecule has 0 spiro atoms. The van der Waals surface area contributed by atoms with Crippen LogP contribution in [0.15, 0.2) is 47.4 Å². The highest BCUT2D eigenvalue weighted by atomic mass is 32.3. The van der Waals surface area contributed by atoms with E-state index in [-0.39, 0.29) is 36.8 Å². The van der Waals surface area contributed by atoms with Crippen LogP contribution in [0.3, 0.4) is 0 Å². The Morgan fingerprint density at radius 1 is 1.17 bits per heavy atom. The summed E-state index contributed by atoms with van der Waals surface area (Å²) in [6.07, 6.45) is 5.31. The predicted octanol–water partition coefficient (Wildman–Crippen LogP) is 4.76. The Hall–Kier alpha value is -3.95. The van der Waals surface area contributed by atoms with Crippen LogP contribution in [-0.2, 0) is 22.7 Å². The van der Waals surface area contributed by atoms with Crippen molar-refractivity contribution in [3.63, 3.8) is 0 Å². The molecule has 41 heavy (non-hydrogen) atoms. The lowest BCUT2D eigenvalue weighted by Crippen LogP contribution is -2.22. The number of nitrogens with zero attached hydrogens (tertiary/aromatic N) is 4. The van der Waals surface area contributed by atoms with Gasteiger partial charge in [0, 0.05) is 23.4 Å². The van der Waals surface area contributed by atoms with E-state index < -0.39 is 34.5 Å². The van der Waals surface area contributed by atoms with E-state index in [0.717, 1.165) is 5.75 Å². The molecule has 0 radical (unpaired) electrons. The summed E-state index contributed by atoms with van der Waals surface area (Å²) >= 11 is 0. The number of imidazole rings is 1. The number of halogens is 2. The zero-order valence-corrected chi connectivity index (χ0v) is 24.2. The summed E-state index contributed by atoms with van der Waals surface area (Å²) in [5, 5.41) is 9.97. The Morgan fingerprint density at radius 3 is 2.61 bits per heavy atom. The topological polar surface area (TPSA) is 108 Å². The van der Waals surface area contributed by atoms with Crippen molar-refractivity contribution in [2.75, 3.05) is 44.3 Å². The predicted molar refractivity (Wildman–Crippen MR) is 155 cm³/mol. The Morgan fingerprint density at radius 2 is 1.93 bits per heavy atom. The lowest BCUT2D eigenvalue weighted by molar-refractivity contribution is 0.0524. The van der Waals surface area contributed by atoms with Crippen LogP contribution in [0.1, 0.15) is 28.7 Å². The van der Waals surface area contributed by atoms with Gasteiger partial charge in [-0.05, 0) is 43.9 Å². The molecule has 2 aromatic carbocycles. The number of hydrogen-bond acceptors (Lipinski definition) is 7. The number of para-hydroxylation sites is 1. The van der Waals surface area contributed by atoms with Crippen molar-refractivity contribution < 1.29 is 27.8 Å². The molecule has 0 N–H and O–H groups in total. The summed E-state index contributed by atoms with van der Waals surface area (Å²) in [7, 11) is -0.798. The van der Waals surface area contributed by atoms with Gasteiger partial charge in [0.15, 0.2) is 0 Å². The number of fused-ring (bicyclic) bond motifs is 2. The number of carbonyl (C=O) groups excluding carboxylic acids is 1. The first-order valence-electron chi connectivity index (χ1n) is 12.9. The molecular formula is C29H32F2N4O5S. The van der Waals surface area contributed by atoms with Gasteiger partial charge in [-0.3, -0.25) is 4.79 Å². The lowest BCUT2D eigenvalue weighted by atomic mass is 10.1. The maximum Gasteiger partial charge on any atom is 0.343 e.